The zero-order chi connectivity index (χ0) is 16.3. The fourth-order valence-electron chi connectivity index (χ4n) is 1.90. The molecule has 110 valence electrons. The van der Waals surface area contributed by atoms with E-state index < -0.39 is 11.3 Å². The predicted octanol–water partition coefficient (Wildman–Crippen LogP) is 2.63. The number of rotatable bonds is 3. The molecule has 0 aliphatic heterocycles. The van der Waals surface area contributed by atoms with Gasteiger partial charge in [-0.05, 0) is 25.1 Å². The van der Waals surface area contributed by atoms with E-state index in [9.17, 15) is 14.7 Å². The highest BCUT2D eigenvalue weighted by molar-refractivity contribution is 5.93. The number of ketones is 1. The van der Waals surface area contributed by atoms with Crippen molar-refractivity contribution in [1.82, 2.24) is 4.40 Å². The first kappa shape index (κ1) is 15.1. The molecule has 0 unspecified atom stereocenters. The molecule has 0 saturated carbocycles. The Morgan fingerprint density at radius 1 is 1.36 bits per heavy atom. The molecule has 0 radical (unpaired) electrons. The molecule has 1 N–H and O–H groups in total. The van der Waals surface area contributed by atoms with Crippen LogP contribution in [0.25, 0.3) is 5.52 Å². The number of aliphatic hydroxyl groups is 1. The van der Waals surface area contributed by atoms with Gasteiger partial charge in [0.05, 0.1) is 11.1 Å². The van der Waals surface area contributed by atoms with Gasteiger partial charge in [0.15, 0.2) is 17.2 Å². The fourth-order valence-corrected chi connectivity index (χ4v) is 1.90. The molecule has 7 heteroatoms. The highest BCUT2D eigenvalue weighted by Crippen LogP contribution is 2.16. The molecule has 2 aromatic heterocycles. The maximum absolute atomic E-state index is 12.3. The highest BCUT2D eigenvalue weighted by Gasteiger charge is 2.10. The number of allylic oxidation sites excluding steroid dienone is 2. The molecule has 0 spiro atoms. The van der Waals surface area contributed by atoms with E-state index in [1.807, 2.05) is 6.07 Å². The third kappa shape index (κ3) is 2.76. The van der Waals surface area contributed by atoms with E-state index in [1.165, 1.54) is 30.5 Å². The normalized spacial score (nSPS) is 12.2. The molecule has 0 saturated heterocycles. The Morgan fingerprint density at radius 3 is 2.68 bits per heavy atom. The minimum atomic E-state index is -0.481. The van der Waals surface area contributed by atoms with Crippen molar-refractivity contribution in [1.29, 1.82) is 5.26 Å². The van der Waals surface area contributed by atoms with E-state index in [2.05, 4.69) is 10.2 Å². The summed E-state index contributed by atoms with van der Waals surface area (Å²) in [5.41, 5.74) is -0.106. The molecule has 2 heterocycles. The number of Topliss-reactive ketones (excluding diaryl/α,β-unsaturated/α-hetero) is 1. The van der Waals surface area contributed by atoms with Crippen LogP contribution >= 0.6 is 0 Å². The molecule has 22 heavy (non-hydrogen) atoms. The van der Waals surface area contributed by atoms with Crippen LogP contribution in [-0.2, 0) is 4.79 Å². The van der Waals surface area contributed by atoms with Crippen molar-refractivity contribution < 1.29 is 9.90 Å². The quantitative estimate of drug-likeness (QED) is 0.533. The molecule has 2 aromatic rings. The number of hydrogen-bond donors (Lipinski definition) is 1. The second-order valence-electron chi connectivity index (χ2n) is 4.51. The largest absolute Gasteiger partial charge is 0.510 e. The summed E-state index contributed by atoms with van der Waals surface area (Å²) in [5.74, 6) is -0.775. The summed E-state index contributed by atoms with van der Waals surface area (Å²) in [6.07, 6.45) is 1.51. The lowest BCUT2D eigenvalue weighted by atomic mass is 10.2. The van der Waals surface area contributed by atoms with E-state index in [1.54, 1.807) is 18.2 Å². The lowest BCUT2D eigenvalue weighted by molar-refractivity contribution is -0.113. The molecule has 7 nitrogen and oxygen atoms in total. The molecule has 0 amide bonds. The summed E-state index contributed by atoms with van der Waals surface area (Å²) in [5, 5.41) is 25.9. The first-order chi connectivity index (χ1) is 10.5. The van der Waals surface area contributed by atoms with E-state index in [4.69, 9.17) is 5.26 Å². The van der Waals surface area contributed by atoms with Crippen molar-refractivity contribution in [2.24, 2.45) is 10.2 Å². The van der Waals surface area contributed by atoms with Crippen LogP contribution in [0, 0.1) is 11.3 Å². The predicted molar refractivity (Wildman–Crippen MR) is 78.9 cm³/mol. The van der Waals surface area contributed by atoms with Gasteiger partial charge in [-0.1, -0.05) is 6.07 Å². The van der Waals surface area contributed by atoms with Crippen molar-refractivity contribution >= 4 is 17.0 Å². The van der Waals surface area contributed by atoms with Crippen LogP contribution in [-0.4, -0.2) is 15.3 Å². The van der Waals surface area contributed by atoms with Gasteiger partial charge in [-0.25, -0.2) is 0 Å². The van der Waals surface area contributed by atoms with Crippen LogP contribution in [0.5, 0.6) is 0 Å². The van der Waals surface area contributed by atoms with E-state index in [-0.39, 0.29) is 22.7 Å². The van der Waals surface area contributed by atoms with Gasteiger partial charge < -0.3 is 5.11 Å². The minimum absolute atomic E-state index is 0.0970. The number of aliphatic hydroxyl groups excluding tert-OH is 1. The lowest BCUT2D eigenvalue weighted by Crippen LogP contribution is -2.13. The van der Waals surface area contributed by atoms with Crippen LogP contribution in [0.2, 0.25) is 0 Å². The number of fused-ring (bicyclic) bond motifs is 1. The van der Waals surface area contributed by atoms with Gasteiger partial charge in [0.25, 0.3) is 5.56 Å². The van der Waals surface area contributed by atoms with Gasteiger partial charge in [-0.3, -0.25) is 14.0 Å². The summed E-state index contributed by atoms with van der Waals surface area (Å²) in [4.78, 5) is 23.6. The first-order valence-electron chi connectivity index (χ1n) is 6.32. The lowest BCUT2D eigenvalue weighted by Gasteiger charge is -2.03. The van der Waals surface area contributed by atoms with Crippen LogP contribution in [0.4, 0.5) is 5.69 Å². The maximum atomic E-state index is 12.3. The molecule has 2 rings (SSSR count). The van der Waals surface area contributed by atoms with Crippen molar-refractivity contribution in [2.45, 2.75) is 13.8 Å². The van der Waals surface area contributed by atoms with Crippen LogP contribution in [0.3, 0.4) is 0 Å². The number of carbonyl (C=O) groups excluding carboxylic acids is 1. The number of nitriles is 1. The third-order valence-corrected chi connectivity index (χ3v) is 2.91. The monoisotopic (exact) mass is 296 g/mol. The average Bonchev–Trinajstić information content (AvgIpc) is 2.49. The third-order valence-electron chi connectivity index (χ3n) is 2.91. The molecular weight excluding hydrogens is 284 g/mol. The van der Waals surface area contributed by atoms with E-state index in [0.717, 1.165) is 0 Å². The topological polar surface area (TPSA) is 107 Å². The molecule has 0 aliphatic carbocycles. The summed E-state index contributed by atoms with van der Waals surface area (Å²) in [7, 11) is 0. The van der Waals surface area contributed by atoms with Gasteiger partial charge in [0.1, 0.15) is 11.8 Å². The zero-order valence-electron chi connectivity index (χ0n) is 11.9. The Balaban J connectivity index is 2.66. The summed E-state index contributed by atoms with van der Waals surface area (Å²) in [6, 6.07) is 8.28. The molecule has 0 aliphatic rings. The Hall–Kier alpha value is -3.27. The van der Waals surface area contributed by atoms with E-state index >= 15 is 0 Å². The SMILES string of the molecule is CC(=O)/C(N=Nc1cc(C#N)c2ccccn2c1=O)=C(/C)O. The van der Waals surface area contributed by atoms with Crippen molar-refractivity contribution in [2.75, 3.05) is 0 Å². The number of azo groups is 1. The van der Waals surface area contributed by atoms with Crippen LogP contribution in [0.1, 0.15) is 19.4 Å². The maximum Gasteiger partial charge on any atom is 0.282 e. The number of hydrogen-bond acceptors (Lipinski definition) is 6. The molecular formula is C15H12N4O3. The highest BCUT2D eigenvalue weighted by atomic mass is 16.3. The molecule has 0 aromatic carbocycles. The van der Waals surface area contributed by atoms with Crippen LogP contribution in [0.15, 0.2) is 56.9 Å². The van der Waals surface area contributed by atoms with Crippen LogP contribution < -0.4 is 5.56 Å². The summed E-state index contributed by atoms with van der Waals surface area (Å²) >= 11 is 0. The Morgan fingerprint density at radius 2 is 2.09 bits per heavy atom. The minimum Gasteiger partial charge on any atom is -0.510 e. The van der Waals surface area contributed by atoms with Crippen molar-refractivity contribution in [3.05, 3.63) is 57.8 Å². The second kappa shape index (κ2) is 6.01. The zero-order valence-corrected chi connectivity index (χ0v) is 11.9. The number of pyridine rings is 2. The Bertz CT molecular complexity index is 913. The summed E-state index contributed by atoms with van der Waals surface area (Å²) < 4.78 is 1.27. The summed E-state index contributed by atoms with van der Waals surface area (Å²) in [6.45, 7) is 2.52. The van der Waals surface area contributed by atoms with Gasteiger partial charge in [0, 0.05) is 13.1 Å². The Labute approximate surface area is 125 Å². The molecule has 0 fully saturated rings. The second-order valence-corrected chi connectivity index (χ2v) is 4.51. The van der Waals surface area contributed by atoms with Gasteiger partial charge in [0.2, 0.25) is 0 Å². The Kier molecular flexibility index (Phi) is 4.13. The number of aromatic nitrogens is 1. The van der Waals surface area contributed by atoms with Gasteiger partial charge >= 0.3 is 0 Å². The first-order valence-corrected chi connectivity index (χ1v) is 6.32. The smallest absolute Gasteiger partial charge is 0.282 e. The van der Waals surface area contributed by atoms with Crippen molar-refractivity contribution in [3.63, 3.8) is 0 Å². The fraction of sp³-hybridized carbons (Fsp3) is 0.133. The number of nitrogens with zero attached hydrogens (tertiary/aromatic N) is 4. The average molecular weight is 296 g/mol. The van der Waals surface area contributed by atoms with Gasteiger partial charge in [-0.2, -0.15) is 5.26 Å². The van der Waals surface area contributed by atoms with E-state index in [0.29, 0.717) is 5.52 Å². The van der Waals surface area contributed by atoms with Crippen molar-refractivity contribution in [3.8, 4) is 6.07 Å². The standard InChI is InChI=1S/C15H12N4O3/c1-9(20)14(10(2)21)18-17-12-7-11(8-16)13-5-3-4-6-19(13)15(12)22/h3-7,20H,1-2H3/b14-9+,18-17?. The number of carbonyl (C=O) groups is 1. The van der Waals surface area contributed by atoms with Gasteiger partial charge in [-0.15, -0.1) is 10.2 Å². The molecule has 0 atom stereocenters. The molecule has 0 bridgehead atoms.